The van der Waals surface area contributed by atoms with Crippen LogP contribution < -0.4 is 15.7 Å². The third kappa shape index (κ3) is 3.87. The monoisotopic (exact) mass is 355 g/mol. The zero-order valence-electron chi connectivity index (χ0n) is 13.4. The predicted molar refractivity (Wildman–Crippen MR) is 94.1 cm³/mol. The number of hydrogen-bond donors (Lipinski definition) is 1. The molecule has 0 bridgehead atoms. The van der Waals surface area contributed by atoms with Gasteiger partial charge in [-0.25, -0.2) is 4.98 Å². The highest BCUT2D eigenvalue weighted by atomic mass is 35.5. The molecule has 2 heterocycles. The van der Waals surface area contributed by atoms with Gasteiger partial charge in [-0.15, -0.1) is 0 Å². The van der Waals surface area contributed by atoms with E-state index in [2.05, 4.69) is 15.5 Å². The van der Waals surface area contributed by atoms with Gasteiger partial charge >= 0.3 is 0 Å². The number of hydrogen-bond acceptors (Lipinski definition) is 6. The lowest BCUT2D eigenvalue weighted by molar-refractivity contribution is 0.459. The average molecular weight is 356 g/mol. The van der Waals surface area contributed by atoms with E-state index in [4.69, 9.17) is 21.6 Å². The molecule has 0 saturated carbocycles. The van der Waals surface area contributed by atoms with Gasteiger partial charge in [-0.3, -0.25) is 9.36 Å². The number of benzene rings is 1. The van der Waals surface area contributed by atoms with E-state index in [1.807, 2.05) is 18.2 Å². The fourth-order valence-electron chi connectivity index (χ4n) is 2.28. The minimum absolute atomic E-state index is 0.0852. The summed E-state index contributed by atoms with van der Waals surface area (Å²) >= 11 is 5.97. The molecule has 1 N–H and O–H groups in total. The third-order valence-corrected chi connectivity index (χ3v) is 3.69. The molecule has 0 atom stereocenters. The molecule has 8 heteroatoms. The van der Waals surface area contributed by atoms with Gasteiger partial charge < -0.3 is 10.2 Å². The van der Waals surface area contributed by atoms with Crippen molar-refractivity contribution in [1.82, 2.24) is 15.0 Å². The molecule has 0 fully saturated rings. The van der Waals surface area contributed by atoms with Gasteiger partial charge in [-0.1, -0.05) is 17.7 Å². The van der Waals surface area contributed by atoms with E-state index in [9.17, 15) is 4.79 Å². The molecule has 0 saturated heterocycles. The number of ether oxygens (including phenoxy) is 1. The summed E-state index contributed by atoms with van der Waals surface area (Å²) in [6.45, 7) is 2.61. The topological polar surface area (TPSA) is 92.3 Å². The van der Waals surface area contributed by atoms with Crippen molar-refractivity contribution in [3.05, 3.63) is 63.3 Å². The summed E-state index contributed by atoms with van der Waals surface area (Å²) in [6, 6.07) is 6.56. The molecule has 126 valence electrons. The molecular weight excluding hydrogens is 342 g/mol. The Balaban J connectivity index is 1.94. The second kappa shape index (κ2) is 7.20. The van der Waals surface area contributed by atoms with Crippen LogP contribution in [0, 0.1) is 18.3 Å². The summed E-state index contributed by atoms with van der Waals surface area (Å²) in [6.07, 6.45) is 5.22. The van der Waals surface area contributed by atoms with Gasteiger partial charge in [0.2, 0.25) is 5.75 Å². The van der Waals surface area contributed by atoms with Crippen LogP contribution in [0.15, 0.2) is 46.6 Å². The fraction of sp³-hybridized carbons (Fsp3) is 0.176. The van der Waals surface area contributed by atoms with Crippen LogP contribution in [0.3, 0.4) is 0 Å². The maximum Gasteiger partial charge on any atom is 0.296 e. The van der Waals surface area contributed by atoms with E-state index < -0.39 is 0 Å². The molecule has 2 aromatic rings. The molecule has 25 heavy (non-hydrogen) atoms. The van der Waals surface area contributed by atoms with E-state index in [-0.39, 0.29) is 17.9 Å². The molecule has 7 nitrogen and oxygen atoms in total. The standard InChI is InChI=1S/C17H14ClN5O2/c1-11-16(25-15-6-12(8-19)5-13(18)7-15)17(24)23(10-20-11)9-14-3-2-4-21-22-14/h2-3,5-7,10,21H,4,9H2,1H3. The Morgan fingerprint density at radius 2 is 2.28 bits per heavy atom. The number of allylic oxidation sites excluding steroid dienone is 1. The number of aromatic nitrogens is 2. The summed E-state index contributed by atoms with van der Waals surface area (Å²) in [5.41, 5.74) is 4.00. The number of halogens is 1. The number of aryl methyl sites for hydroxylation is 1. The van der Waals surface area contributed by atoms with Crippen LogP contribution in [0.1, 0.15) is 11.3 Å². The average Bonchev–Trinajstić information content (AvgIpc) is 2.61. The molecule has 1 aliphatic rings. The van der Waals surface area contributed by atoms with Gasteiger partial charge in [-0.05, 0) is 31.2 Å². The van der Waals surface area contributed by atoms with Gasteiger partial charge in [0.05, 0.1) is 42.5 Å². The van der Waals surface area contributed by atoms with Gasteiger partial charge in [0.25, 0.3) is 5.56 Å². The van der Waals surface area contributed by atoms with Crippen LogP contribution in [0.25, 0.3) is 0 Å². The minimum atomic E-state index is -0.340. The third-order valence-electron chi connectivity index (χ3n) is 3.47. The lowest BCUT2D eigenvalue weighted by Crippen LogP contribution is -2.27. The van der Waals surface area contributed by atoms with Crippen LogP contribution >= 0.6 is 11.6 Å². The molecule has 0 spiro atoms. The highest BCUT2D eigenvalue weighted by Crippen LogP contribution is 2.25. The van der Waals surface area contributed by atoms with Crippen molar-refractivity contribution in [3.8, 4) is 17.6 Å². The first-order valence-corrected chi connectivity index (χ1v) is 7.85. The van der Waals surface area contributed by atoms with Crippen molar-refractivity contribution >= 4 is 17.3 Å². The predicted octanol–water partition coefficient (Wildman–Crippen LogP) is 2.38. The summed E-state index contributed by atoms with van der Waals surface area (Å²) in [5.74, 6) is 0.391. The zero-order chi connectivity index (χ0) is 17.8. The van der Waals surface area contributed by atoms with Crippen molar-refractivity contribution in [3.63, 3.8) is 0 Å². The Morgan fingerprint density at radius 1 is 1.44 bits per heavy atom. The maximum absolute atomic E-state index is 12.7. The van der Waals surface area contributed by atoms with Crippen LogP contribution in [-0.2, 0) is 6.54 Å². The first-order chi connectivity index (χ1) is 12.1. The van der Waals surface area contributed by atoms with E-state index >= 15 is 0 Å². The van der Waals surface area contributed by atoms with E-state index in [1.54, 1.807) is 6.92 Å². The largest absolute Gasteiger partial charge is 0.450 e. The Morgan fingerprint density at radius 3 is 3.00 bits per heavy atom. The molecule has 0 aliphatic carbocycles. The van der Waals surface area contributed by atoms with Crippen LogP contribution in [0.5, 0.6) is 11.5 Å². The number of nitrogens with zero attached hydrogens (tertiary/aromatic N) is 4. The van der Waals surface area contributed by atoms with Crippen LogP contribution in [0.4, 0.5) is 0 Å². The lowest BCUT2D eigenvalue weighted by Gasteiger charge is -2.12. The first kappa shape index (κ1) is 16.7. The fourth-order valence-corrected chi connectivity index (χ4v) is 2.51. The molecule has 0 radical (unpaired) electrons. The van der Waals surface area contributed by atoms with Gasteiger partial charge in [0.1, 0.15) is 5.75 Å². The molecular formula is C17H14ClN5O2. The number of rotatable bonds is 4. The van der Waals surface area contributed by atoms with Crippen molar-refractivity contribution < 1.29 is 4.74 Å². The molecule has 1 aromatic heterocycles. The normalized spacial score (nSPS) is 12.9. The second-order valence-electron chi connectivity index (χ2n) is 5.35. The molecule has 0 unspecified atom stereocenters. The molecule has 1 aromatic carbocycles. The van der Waals surface area contributed by atoms with Crippen molar-refractivity contribution in [1.29, 1.82) is 5.26 Å². The lowest BCUT2D eigenvalue weighted by atomic mass is 10.2. The highest BCUT2D eigenvalue weighted by Gasteiger charge is 2.13. The highest BCUT2D eigenvalue weighted by molar-refractivity contribution is 6.30. The molecule has 3 rings (SSSR count). The number of nitrogens with one attached hydrogen (secondary N) is 1. The van der Waals surface area contributed by atoms with Gasteiger partial charge in [0.15, 0.2) is 0 Å². The Labute approximate surface area is 148 Å². The summed E-state index contributed by atoms with van der Waals surface area (Å²) < 4.78 is 7.10. The SMILES string of the molecule is Cc1ncn(CC2=NNCC=C2)c(=O)c1Oc1cc(Cl)cc(C#N)c1. The summed E-state index contributed by atoms with van der Waals surface area (Å²) in [5, 5.41) is 13.5. The van der Waals surface area contributed by atoms with Gasteiger partial charge in [-0.2, -0.15) is 10.4 Å². The van der Waals surface area contributed by atoms with Crippen LogP contribution in [-0.4, -0.2) is 21.8 Å². The maximum atomic E-state index is 12.7. The zero-order valence-corrected chi connectivity index (χ0v) is 14.1. The number of hydrazone groups is 1. The smallest absolute Gasteiger partial charge is 0.296 e. The number of nitriles is 1. The van der Waals surface area contributed by atoms with E-state index in [0.717, 1.165) is 0 Å². The molecule has 0 amide bonds. The Bertz CT molecular complexity index is 972. The first-order valence-electron chi connectivity index (χ1n) is 7.47. The quantitative estimate of drug-likeness (QED) is 0.909. The van der Waals surface area contributed by atoms with Crippen molar-refractivity contribution in [2.45, 2.75) is 13.5 Å². The Kier molecular flexibility index (Phi) is 4.82. The summed E-state index contributed by atoms with van der Waals surface area (Å²) in [7, 11) is 0. The minimum Gasteiger partial charge on any atom is -0.450 e. The van der Waals surface area contributed by atoms with Crippen molar-refractivity contribution in [2.75, 3.05) is 6.54 Å². The van der Waals surface area contributed by atoms with Crippen molar-refractivity contribution in [2.24, 2.45) is 5.10 Å². The summed E-state index contributed by atoms with van der Waals surface area (Å²) in [4.78, 5) is 16.9. The molecule has 1 aliphatic heterocycles. The van der Waals surface area contributed by atoms with E-state index in [0.29, 0.717) is 34.3 Å². The second-order valence-corrected chi connectivity index (χ2v) is 5.79. The van der Waals surface area contributed by atoms with E-state index in [1.165, 1.54) is 29.1 Å². The Hall–Kier alpha value is -3.11. The van der Waals surface area contributed by atoms with Crippen LogP contribution in [0.2, 0.25) is 5.02 Å². The van der Waals surface area contributed by atoms with Gasteiger partial charge in [0, 0.05) is 5.02 Å².